The molecule has 0 saturated carbocycles. The number of likely N-dealkylation sites (tertiary alicyclic amines) is 1. The van der Waals surface area contributed by atoms with Gasteiger partial charge in [0.1, 0.15) is 11.4 Å². The second kappa shape index (κ2) is 6.65. The zero-order valence-electron chi connectivity index (χ0n) is 13.5. The van der Waals surface area contributed by atoms with Crippen molar-refractivity contribution in [3.63, 3.8) is 0 Å². The number of benzene rings is 1. The van der Waals surface area contributed by atoms with Gasteiger partial charge in [0.05, 0.1) is 12.8 Å². The molecule has 1 N–H and O–H groups in total. The summed E-state index contributed by atoms with van der Waals surface area (Å²) in [6.07, 6.45) is 0.587. The fourth-order valence-electron chi connectivity index (χ4n) is 2.38. The van der Waals surface area contributed by atoms with E-state index < -0.39 is 5.60 Å². The Hall–Kier alpha value is -1.62. The first-order chi connectivity index (χ1) is 10.3. The molecule has 0 aromatic heterocycles. The van der Waals surface area contributed by atoms with Crippen LogP contribution in [-0.2, 0) is 4.74 Å². The summed E-state index contributed by atoms with van der Waals surface area (Å²) < 4.78 is 10.7. The lowest BCUT2D eigenvalue weighted by Crippen LogP contribution is -2.36. The minimum absolute atomic E-state index is 0.153. The Morgan fingerprint density at radius 2 is 2.14 bits per heavy atom. The van der Waals surface area contributed by atoms with E-state index in [1.807, 2.05) is 32.9 Å². The third-order valence-corrected chi connectivity index (χ3v) is 3.60. The molecule has 22 heavy (non-hydrogen) atoms. The maximum absolute atomic E-state index is 12.1. The van der Waals surface area contributed by atoms with Crippen LogP contribution in [0.2, 0.25) is 5.02 Å². The molecule has 1 fully saturated rings. The normalized spacial score (nSPS) is 18.2. The maximum Gasteiger partial charge on any atom is 0.410 e. The number of anilines is 1. The molecule has 1 aromatic rings. The number of hydrogen-bond donors (Lipinski definition) is 1. The molecule has 0 radical (unpaired) electrons. The number of carbonyl (C=O) groups excluding carboxylic acids is 1. The highest BCUT2D eigenvalue weighted by Gasteiger charge is 2.30. The SMILES string of the molecule is COc1ccc(Cl)cc1NC1CCN(C(=O)OC(C)(C)C)C1. The molecule has 1 atom stereocenters. The molecule has 0 bridgehead atoms. The molecular weight excluding hydrogens is 304 g/mol. The summed E-state index contributed by atoms with van der Waals surface area (Å²) in [5.74, 6) is 0.736. The van der Waals surface area contributed by atoms with Crippen LogP contribution in [-0.4, -0.2) is 42.8 Å². The lowest BCUT2D eigenvalue weighted by atomic mass is 10.2. The van der Waals surface area contributed by atoms with Gasteiger partial charge in [-0.15, -0.1) is 0 Å². The third-order valence-electron chi connectivity index (χ3n) is 3.36. The molecule has 1 unspecified atom stereocenters. The van der Waals surface area contributed by atoms with Crippen LogP contribution in [0, 0.1) is 0 Å². The van der Waals surface area contributed by atoms with Crippen LogP contribution in [0.5, 0.6) is 5.75 Å². The van der Waals surface area contributed by atoms with Crippen molar-refractivity contribution >= 4 is 23.4 Å². The van der Waals surface area contributed by atoms with Gasteiger partial charge >= 0.3 is 6.09 Å². The van der Waals surface area contributed by atoms with Crippen molar-refractivity contribution < 1.29 is 14.3 Å². The molecule has 1 aliphatic rings. The van der Waals surface area contributed by atoms with Crippen molar-refractivity contribution in [3.8, 4) is 5.75 Å². The number of nitrogens with one attached hydrogen (secondary N) is 1. The van der Waals surface area contributed by atoms with E-state index in [0.29, 0.717) is 18.1 Å². The van der Waals surface area contributed by atoms with E-state index in [0.717, 1.165) is 17.9 Å². The number of halogens is 1. The van der Waals surface area contributed by atoms with E-state index in [4.69, 9.17) is 21.1 Å². The van der Waals surface area contributed by atoms with Crippen LogP contribution < -0.4 is 10.1 Å². The summed E-state index contributed by atoms with van der Waals surface area (Å²) in [5, 5.41) is 4.03. The van der Waals surface area contributed by atoms with Crippen LogP contribution >= 0.6 is 11.6 Å². The summed E-state index contributed by atoms with van der Waals surface area (Å²) >= 11 is 6.03. The molecule has 2 rings (SSSR count). The number of nitrogens with zero attached hydrogens (tertiary/aromatic N) is 1. The fraction of sp³-hybridized carbons (Fsp3) is 0.562. The average molecular weight is 327 g/mol. The van der Waals surface area contributed by atoms with E-state index in [9.17, 15) is 4.79 Å². The predicted octanol–water partition coefficient (Wildman–Crippen LogP) is 3.77. The first-order valence-corrected chi connectivity index (χ1v) is 7.74. The number of amides is 1. The van der Waals surface area contributed by atoms with Gasteiger partial charge in [-0.3, -0.25) is 0 Å². The summed E-state index contributed by atoms with van der Waals surface area (Å²) in [5.41, 5.74) is 0.365. The molecule has 6 heteroatoms. The highest BCUT2D eigenvalue weighted by atomic mass is 35.5. The Bertz CT molecular complexity index is 543. The molecule has 5 nitrogen and oxygen atoms in total. The van der Waals surface area contributed by atoms with Gasteiger partial charge in [-0.25, -0.2) is 4.79 Å². The van der Waals surface area contributed by atoms with E-state index >= 15 is 0 Å². The average Bonchev–Trinajstić information content (AvgIpc) is 2.86. The highest BCUT2D eigenvalue weighted by Crippen LogP contribution is 2.29. The van der Waals surface area contributed by atoms with Gasteiger partial charge in [-0.05, 0) is 45.4 Å². The van der Waals surface area contributed by atoms with Crippen LogP contribution in [0.25, 0.3) is 0 Å². The van der Waals surface area contributed by atoms with Crippen molar-refractivity contribution in [1.82, 2.24) is 4.90 Å². The summed E-state index contributed by atoms with van der Waals surface area (Å²) in [7, 11) is 1.62. The standard InChI is InChI=1S/C16H23ClN2O3/c1-16(2,3)22-15(20)19-8-7-12(10-19)18-13-9-11(17)5-6-14(13)21-4/h5-6,9,12,18H,7-8,10H2,1-4H3. The molecule has 0 spiro atoms. The van der Waals surface area contributed by atoms with Gasteiger partial charge in [0.2, 0.25) is 0 Å². The van der Waals surface area contributed by atoms with Crippen molar-refractivity contribution in [2.45, 2.75) is 38.8 Å². The van der Waals surface area contributed by atoms with Gasteiger partial charge in [0.15, 0.2) is 0 Å². The van der Waals surface area contributed by atoms with Gasteiger partial charge in [0.25, 0.3) is 0 Å². The predicted molar refractivity (Wildman–Crippen MR) is 87.8 cm³/mol. The van der Waals surface area contributed by atoms with E-state index in [1.54, 1.807) is 18.1 Å². The Labute approximate surface area is 136 Å². The highest BCUT2D eigenvalue weighted by molar-refractivity contribution is 6.30. The van der Waals surface area contributed by atoms with Crippen molar-refractivity contribution in [2.24, 2.45) is 0 Å². The van der Waals surface area contributed by atoms with Crippen LogP contribution in [0.15, 0.2) is 18.2 Å². The topological polar surface area (TPSA) is 50.8 Å². The Morgan fingerprint density at radius 3 is 2.77 bits per heavy atom. The minimum atomic E-state index is -0.473. The number of rotatable bonds is 3. The minimum Gasteiger partial charge on any atom is -0.495 e. The first kappa shape index (κ1) is 16.7. The largest absolute Gasteiger partial charge is 0.495 e. The second-order valence-electron chi connectivity index (χ2n) is 6.40. The van der Waals surface area contributed by atoms with E-state index in [2.05, 4.69) is 5.32 Å². The first-order valence-electron chi connectivity index (χ1n) is 7.36. The maximum atomic E-state index is 12.1. The van der Waals surface area contributed by atoms with Gasteiger partial charge < -0.3 is 19.7 Å². The molecule has 1 saturated heterocycles. The lowest BCUT2D eigenvalue weighted by Gasteiger charge is -2.24. The number of ether oxygens (including phenoxy) is 2. The Kier molecular flexibility index (Phi) is 5.06. The van der Waals surface area contributed by atoms with Crippen LogP contribution in [0.4, 0.5) is 10.5 Å². The van der Waals surface area contributed by atoms with Crippen LogP contribution in [0.3, 0.4) is 0 Å². The van der Waals surface area contributed by atoms with Crippen LogP contribution in [0.1, 0.15) is 27.2 Å². The quantitative estimate of drug-likeness (QED) is 0.918. The van der Waals surface area contributed by atoms with Crippen molar-refractivity contribution in [1.29, 1.82) is 0 Å². The molecule has 1 aliphatic heterocycles. The van der Waals surface area contributed by atoms with Crippen molar-refractivity contribution in [2.75, 3.05) is 25.5 Å². The summed E-state index contributed by atoms with van der Waals surface area (Å²) in [6.45, 7) is 6.88. The molecule has 122 valence electrons. The lowest BCUT2D eigenvalue weighted by molar-refractivity contribution is 0.0293. The molecule has 1 aromatic carbocycles. The summed E-state index contributed by atoms with van der Waals surface area (Å²) in [4.78, 5) is 13.8. The third kappa shape index (κ3) is 4.44. The molecule has 1 heterocycles. The van der Waals surface area contributed by atoms with Gasteiger partial charge in [-0.2, -0.15) is 0 Å². The zero-order chi connectivity index (χ0) is 16.3. The Morgan fingerprint density at radius 1 is 1.41 bits per heavy atom. The number of carbonyl (C=O) groups is 1. The molecular formula is C16H23ClN2O3. The fourth-order valence-corrected chi connectivity index (χ4v) is 2.56. The van der Waals surface area contributed by atoms with Gasteiger partial charge in [0, 0.05) is 24.2 Å². The smallest absolute Gasteiger partial charge is 0.410 e. The number of methoxy groups -OCH3 is 1. The monoisotopic (exact) mass is 326 g/mol. The number of hydrogen-bond acceptors (Lipinski definition) is 4. The second-order valence-corrected chi connectivity index (χ2v) is 6.84. The Balaban J connectivity index is 1.97. The van der Waals surface area contributed by atoms with E-state index in [1.165, 1.54) is 0 Å². The summed E-state index contributed by atoms with van der Waals surface area (Å²) in [6, 6.07) is 5.59. The van der Waals surface area contributed by atoms with Crippen molar-refractivity contribution in [3.05, 3.63) is 23.2 Å². The van der Waals surface area contributed by atoms with Gasteiger partial charge in [-0.1, -0.05) is 11.6 Å². The molecule has 0 aliphatic carbocycles. The zero-order valence-corrected chi connectivity index (χ0v) is 14.2. The molecule has 1 amide bonds. The van der Waals surface area contributed by atoms with E-state index in [-0.39, 0.29) is 12.1 Å².